The number of fused-ring (bicyclic) bond motifs is 2. The molecule has 0 radical (unpaired) electrons. The zero-order chi connectivity index (χ0) is 26.0. The van der Waals surface area contributed by atoms with Gasteiger partial charge in [-0.2, -0.15) is 9.67 Å². The molecule has 3 amide bonds. The van der Waals surface area contributed by atoms with Gasteiger partial charge in [0.2, 0.25) is 5.91 Å². The van der Waals surface area contributed by atoms with Gasteiger partial charge in [0.25, 0.3) is 0 Å². The minimum atomic E-state index is -0.614. The van der Waals surface area contributed by atoms with Crippen molar-refractivity contribution in [1.82, 2.24) is 40.4 Å². The molecule has 2 aromatic heterocycles. The van der Waals surface area contributed by atoms with Crippen molar-refractivity contribution in [3.63, 3.8) is 0 Å². The van der Waals surface area contributed by atoms with Crippen LogP contribution in [0.4, 0.5) is 9.18 Å². The molecule has 190 valence electrons. The first kappa shape index (κ1) is 22.7. The summed E-state index contributed by atoms with van der Waals surface area (Å²) < 4.78 is 16.7. The minimum absolute atomic E-state index is 0.0406. The van der Waals surface area contributed by atoms with Gasteiger partial charge in [-0.1, -0.05) is 23.8 Å². The maximum atomic E-state index is 15.3. The number of H-pyrrole nitrogens is 1. The normalized spacial score (nSPS) is 24.1. The fourth-order valence-corrected chi connectivity index (χ4v) is 5.78. The number of benzene rings is 1. The summed E-state index contributed by atoms with van der Waals surface area (Å²) in [6.45, 7) is 0. The second-order valence-corrected chi connectivity index (χ2v) is 9.89. The summed E-state index contributed by atoms with van der Waals surface area (Å²) >= 11 is 6.11. The Morgan fingerprint density at radius 2 is 2.05 bits per heavy atom. The SMILES string of the molecule is O=C1N=C2C=C(c3cnc([C@@H]4CCC5CC(c6c(-n7cnnn7)ccc(Cl)c6F)=CC(=O)N54)[nH]3)C=CC2N1. The van der Waals surface area contributed by atoms with E-state index in [9.17, 15) is 9.59 Å². The molecular formula is C25H19ClFN9O2. The molecule has 5 heterocycles. The predicted molar refractivity (Wildman–Crippen MR) is 135 cm³/mol. The van der Waals surface area contributed by atoms with E-state index in [-0.39, 0.29) is 40.6 Å². The molecule has 3 atom stereocenters. The predicted octanol–water partition coefficient (Wildman–Crippen LogP) is 3.18. The molecule has 0 bridgehead atoms. The van der Waals surface area contributed by atoms with Gasteiger partial charge in [-0.25, -0.2) is 14.2 Å². The lowest BCUT2D eigenvalue weighted by Crippen LogP contribution is -2.39. The zero-order valence-electron chi connectivity index (χ0n) is 19.7. The molecule has 38 heavy (non-hydrogen) atoms. The van der Waals surface area contributed by atoms with Crippen LogP contribution in [0, 0.1) is 5.82 Å². The summed E-state index contributed by atoms with van der Waals surface area (Å²) in [5.41, 5.74) is 3.46. The Kier molecular flexibility index (Phi) is 5.11. The van der Waals surface area contributed by atoms with Crippen LogP contribution in [-0.2, 0) is 4.79 Å². The number of aliphatic imine (C=N–C) groups is 1. The van der Waals surface area contributed by atoms with E-state index < -0.39 is 5.82 Å². The van der Waals surface area contributed by atoms with Crippen molar-refractivity contribution in [3.8, 4) is 5.69 Å². The summed E-state index contributed by atoms with van der Waals surface area (Å²) in [6, 6.07) is 2.15. The van der Waals surface area contributed by atoms with Crippen LogP contribution in [0.5, 0.6) is 0 Å². The van der Waals surface area contributed by atoms with E-state index in [0.29, 0.717) is 35.6 Å². The number of nitrogens with one attached hydrogen (secondary N) is 2. The largest absolute Gasteiger partial charge is 0.342 e. The molecule has 2 N–H and O–H groups in total. The monoisotopic (exact) mass is 531 g/mol. The summed E-state index contributed by atoms with van der Waals surface area (Å²) in [5.74, 6) is -0.157. The van der Waals surface area contributed by atoms with Crippen molar-refractivity contribution in [2.75, 3.05) is 0 Å². The Morgan fingerprint density at radius 3 is 2.89 bits per heavy atom. The van der Waals surface area contributed by atoms with Crippen LogP contribution < -0.4 is 5.32 Å². The maximum absolute atomic E-state index is 15.3. The van der Waals surface area contributed by atoms with Gasteiger partial charge in [0.1, 0.15) is 12.2 Å². The van der Waals surface area contributed by atoms with Gasteiger partial charge >= 0.3 is 6.03 Å². The molecule has 1 aliphatic carbocycles. The second kappa shape index (κ2) is 8.55. The molecular weight excluding hydrogens is 513 g/mol. The molecule has 7 rings (SSSR count). The number of carbonyl (C=O) groups excluding carboxylic acids is 2. The van der Waals surface area contributed by atoms with E-state index in [0.717, 1.165) is 17.7 Å². The molecule has 3 aromatic rings. The van der Waals surface area contributed by atoms with Gasteiger partial charge in [-0.05, 0) is 53.5 Å². The number of aromatic amines is 1. The number of imidazole rings is 1. The van der Waals surface area contributed by atoms with Crippen molar-refractivity contribution >= 4 is 40.4 Å². The Balaban J connectivity index is 1.18. The standard InChI is InChI=1S/C25H19ClFN9O2/c26-15-3-6-19(35-11-29-33-34-35)22(23(15)27)13-7-14-2-5-20(36(14)21(37)9-13)24-28-10-18(30-24)12-1-4-16-17(8-12)32-25(38)31-16/h1,3-4,6,8-11,14,16,20H,2,5,7H2,(H,28,30)(H,31,38)/t14?,16?,20-/m0/s1. The lowest BCUT2D eigenvalue weighted by molar-refractivity contribution is -0.129. The number of halogens is 2. The molecule has 1 fully saturated rings. The van der Waals surface area contributed by atoms with Crippen molar-refractivity contribution in [3.05, 3.63) is 76.9 Å². The summed E-state index contributed by atoms with van der Waals surface area (Å²) in [5, 5.41) is 13.9. The van der Waals surface area contributed by atoms with E-state index >= 15 is 4.39 Å². The fraction of sp³-hybridized carbons (Fsp3) is 0.240. The van der Waals surface area contributed by atoms with E-state index in [4.69, 9.17) is 11.6 Å². The van der Waals surface area contributed by atoms with E-state index in [1.54, 1.807) is 12.3 Å². The summed E-state index contributed by atoms with van der Waals surface area (Å²) in [4.78, 5) is 38.7. The fourth-order valence-electron chi connectivity index (χ4n) is 5.63. The molecule has 2 unspecified atom stereocenters. The first-order valence-corrected chi connectivity index (χ1v) is 12.4. The lowest BCUT2D eigenvalue weighted by Gasteiger charge is -2.33. The number of nitrogens with zero attached hydrogens (tertiary/aromatic N) is 7. The van der Waals surface area contributed by atoms with Crippen molar-refractivity contribution < 1.29 is 14.0 Å². The Bertz CT molecular complexity index is 1620. The smallest absolute Gasteiger partial charge is 0.340 e. The van der Waals surface area contributed by atoms with Gasteiger partial charge in [-0.15, -0.1) is 5.10 Å². The molecule has 4 aliphatic rings. The maximum Gasteiger partial charge on any atom is 0.342 e. The average Bonchev–Trinajstić information content (AvgIpc) is 3.70. The highest BCUT2D eigenvalue weighted by Crippen LogP contribution is 2.44. The molecule has 0 saturated carbocycles. The topological polar surface area (TPSA) is 134 Å². The van der Waals surface area contributed by atoms with Crippen molar-refractivity contribution in [2.45, 2.75) is 37.4 Å². The number of carbonyl (C=O) groups is 2. The first-order chi connectivity index (χ1) is 18.5. The summed E-state index contributed by atoms with van der Waals surface area (Å²) in [7, 11) is 0. The van der Waals surface area contributed by atoms with Gasteiger partial charge < -0.3 is 15.2 Å². The Hall–Kier alpha value is -4.45. The summed E-state index contributed by atoms with van der Waals surface area (Å²) in [6.07, 6.45) is 12.1. The molecule has 13 heteroatoms. The third kappa shape index (κ3) is 3.59. The lowest BCUT2D eigenvalue weighted by atomic mass is 9.92. The van der Waals surface area contributed by atoms with Crippen LogP contribution in [-0.4, -0.2) is 64.8 Å². The molecule has 1 aromatic carbocycles. The van der Waals surface area contributed by atoms with Crippen LogP contribution in [0.3, 0.4) is 0 Å². The minimum Gasteiger partial charge on any atom is -0.340 e. The molecule has 11 nitrogen and oxygen atoms in total. The van der Waals surface area contributed by atoms with Crippen molar-refractivity contribution in [1.29, 1.82) is 0 Å². The van der Waals surface area contributed by atoms with Crippen LogP contribution in [0.2, 0.25) is 5.02 Å². The quantitative estimate of drug-likeness (QED) is 0.531. The van der Waals surface area contributed by atoms with E-state index in [1.165, 1.54) is 23.2 Å². The van der Waals surface area contributed by atoms with Gasteiger partial charge in [0.05, 0.1) is 40.4 Å². The number of urea groups is 1. The highest BCUT2D eigenvalue weighted by molar-refractivity contribution is 6.31. The third-order valence-corrected chi connectivity index (χ3v) is 7.61. The number of hydrogen-bond donors (Lipinski definition) is 2. The number of amides is 3. The molecule has 1 saturated heterocycles. The van der Waals surface area contributed by atoms with Crippen LogP contribution in [0.15, 0.2) is 54.0 Å². The molecule has 3 aliphatic heterocycles. The average molecular weight is 532 g/mol. The van der Waals surface area contributed by atoms with Crippen molar-refractivity contribution in [2.24, 2.45) is 4.99 Å². The van der Waals surface area contributed by atoms with Crippen LogP contribution in [0.1, 0.15) is 42.4 Å². The number of rotatable bonds is 4. The highest BCUT2D eigenvalue weighted by atomic mass is 35.5. The number of tetrazole rings is 1. The number of aromatic nitrogens is 6. The molecule has 0 spiro atoms. The highest BCUT2D eigenvalue weighted by Gasteiger charge is 2.42. The van der Waals surface area contributed by atoms with Gasteiger partial charge in [-0.3, -0.25) is 4.79 Å². The van der Waals surface area contributed by atoms with Gasteiger partial charge in [0, 0.05) is 23.3 Å². The van der Waals surface area contributed by atoms with E-state index in [1.807, 2.05) is 23.1 Å². The zero-order valence-corrected chi connectivity index (χ0v) is 20.4. The van der Waals surface area contributed by atoms with Crippen LogP contribution in [0.25, 0.3) is 16.8 Å². The van der Waals surface area contributed by atoms with Gasteiger partial charge in [0.15, 0.2) is 5.82 Å². The first-order valence-electron chi connectivity index (χ1n) is 12.0. The second-order valence-electron chi connectivity index (χ2n) is 9.48. The Morgan fingerprint density at radius 1 is 1.16 bits per heavy atom. The Labute approximate surface area is 219 Å². The van der Waals surface area contributed by atoms with Crippen LogP contribution >= 0.6 is 11.6 Å². The number of hydrogen-bond acceptors (Lipinski definition) is 6. The number of allylic oxidation sites excluding steroid dienone is 2. The third-order valence-electron chi connectivity index (χ3n) is 7.32. The van der Waals surface area contributed by atoms with E-state index in [2.05, 4.69) is 35.8 Å².